The zero-order valence-corrected chi connectivity index (χ0v) is 14.2. The predicted molar refractivity (Wildman–Crippen MR) is 91.6 cm³/mol. The summed E-state index contributed by atoms with van der Waals surface area (Å²) in [6, 6.07) is 11.9. The molecule has 0 unspecified atom stereocenters. The van der Waals surface area contributed by atoms with Gasteiger partial charge in [0.1, 0.15) is 0 Å². The molecule has 0 amide bonds. The van der Waals surface area contributed by atoms with Gasteiger partial charge in [0, 0.05) is 25.9 Å². The van der Waals surface area contributed by atoms with E-state index >= 15 is 0 Å². The number of hydrogen-bond donors (Lipinski definition) is 0. The van der Waals surface area contributed by atoms with Crippen molar-refractivity contribution < 1.29 is 4.79 Å². The summed E-state index contributed by atoms with van der Waals surface area (Å²) in [6.45, 7) is 2.05. The van der Waals surface area contributed by atoms with Crippen LogP contribution >= 0.6 is 11.8 Å². The SMILES string of the molecule is Cc1ccc(-c2nnc(SCC(=O)c3cccn3C)n2C)cc1. The summed E-state index contributed by atoms with van der Waals surface area (Å²) in [7, 11) is 3.79. The fraction of sp³-hybridized carbons (Fsp3) is 0.235. The van der Waals surface area contributed by atoms with Gasteiger partial charge in [0.05, 0.1) is 11.4 Å². The van der Waals surface area contributed by atoms with Gasteiger partial charge in [-0.05, 0) is 19.1 Å². The maximum absolute atomic E-state index is 12.2. The fourth-order valence-corrected chi connectivity index (χ4v) is 3.14. The first-order valence-corrected chi connectivity index (χ1v) is 8.28. The summed E-state index contributed by atoms with van der Waals surface area (Å²) >= 11 is 1.41. The topological polar surface area (TPSA) is 52.7 Å². The van der Waals surface area contributed by atoms with E-state index in [1.54, 1.807) is 0 Å². The summed E-state index contributed by atoms with van der Waals surface area (Å²) in [5, 5.41) is 9.20. The van der Waals surface area contributed by atoms with E-state index < -0.39 is 0 Å². The molecule has 0 radical (unpaired) electrons. The van der Waals surface area contributed by atoms with Gasteiger partial charge in [-0.2, -0.15) is 0 Å². The van der Waals surface area contributed by atoms with E-state index in [9.17, 15) is 4.79 Å². The normalized spacial score (nSPS) is 10.9. The predicted octanol–water partition coefficient (Wildman–Crippen LogP) is 3.10. The van der Waals surface area contributed by atoms with E-state index in [-0.39, 0.29) is 5.78 Å². The second kappa shape index (κ2) is 6.42. The van der Waals surface area contributed by atoms with E-state index in [4.69, 9.17) is 0 Å². The summed E-state index contributed by atoms with van der Waals surface area (Å²) < 4.78 is 3.75. The third kappa shape index (κ3) is 3.22. The van der Waals surface area contributed by atoms with Gasteiger partial charge in [0.25, 0.3) is 0 Å². The van der Waals surface area contributed by atoms with Crippen LogP contribution in [-0.2, 0) is 14.1 Å². The van der Waals surface area contributed by atoms with Crippen molar-refractivity contribution in [1.29, 1.82) is 0 Å². The van der Waals surface area contributed by atoms with E-state index in [0.717, 1.165) is 16.5 Å². The van der Waals surface area contributed by atoms with Crippen LogP contribution in [0.15, 0.2) is 47.8 Å². The molecule has 6 heteroatoms. The average molecular weight is 326 g/mol. The summed E-state index contributed by atoms with van der Waals surface area (Å²) in [6.07, 6.45) is 1.87. The van der Waals surface area contributed by atoms with Crippen LogP contribution in [0.3, 0.4) is 0 Å². The molecule has 1 aromatic carbocycles. The van der Waals surface area contributed by atoms with Crippen LogP contribution in [0.1, 0.15) is 16.1 Å². The Morgan fingerprint density at radius 3 is 2.52 bits per heavy atom. The molecule has 3 rings (SSSR count). The van der Waals surface area contributed by atoms with Gasteiger partial charge in [-0.1, -0.05) is 41.6 Å². The van der Waals surface area contributed by atoms with Crippen molar-refractivity contribution in [3.8, 4) is 11.4 Å². The zero-order chi connectivity index (χ0) is 16.4. The molecule has 0 fully saturated rings. The average Bonchev–Trinajstić information content (AvgIpc) is 3.12. The first-order valence-electron chi connectivity index (χ1n) is 7.30. The van der Waals surface area contributed by atoms with Crippen LogP contribution in [0.2, 0.25) is 0 Å². The van der Waals surface area contributed by atoms with Crippen molar-refractivity contribution in [3.63, 3.8) is 0 Å². The Morgan fingerprint density at radius 2 is 1.87 bits per heavy atom. The lowest BCUT2D eigenvalue weighted by atomic mass is 10.1. The van der Waals surface area contributed by atoms with Gasteiger partial charge in [-0.15, -0.1) is 10.2 Å². The molecule has 0 aliphatic carbocycles. The monoisotopic (exact) mass is 326 g/mol. The molecule has 0 saturated carbocycles. The van der Waals surface area contributed by atoms with E-state index in [1.165, 1.54) is 17.3 Å². The zero-order valence-electron chi connectivity index (χ0n) is 13.4. The Hall–Kier alpha value is -2.34. The number of ketones is 1. The molecule has 2 aromatic heterocycles. The smallest absolute Gasteiger partial charge is 0.191 e. The molecule has 0 aliphatic heterocycles. The number of carbonyl (C=O) groups is 1. The Morgan fingerprint density at radius 1 is 1.13 bits per heavy atom. The first-order chi connectivity index (χ1) is 11.1. The van der Waals surface area contributed by atoms with Gasteiger partial charge in [0.2, 0.25) is 0 Å². The fourth-order valence-electron chi connectivity index (χ4n) is 2.35. The Bertz CT molecular complexity index is 833. The number of Topliss-reactive ketones (excluding diaryl/α,β-unsaturated/α-hetero) is 1. The van der Waals surface area contributed by atoms with Crippen molar-refractivity contribution in [3.05, 3.63) is 53.9 Å². The number of hydrogen-bond acceptors (Lipinski definition) is 4. The van der Waals surface area contributed by atoms with Crippen molar-refractivity contribution in [2.24, 2.45) is 14.1 Å². The van der Waals surface area contributed by atoms with Gasteiger partial charge in [-0.25, -0.2) is 0 Å². The van der Waals surface area contributed by atoms with Crippen molar-refractivity contribution in [2.45, 2.75) is 12.1 Å². The third-order valence-corrected chi connectivity index (χ3v) is 4.73. The molecule has 0 bridgehead atoms. The number of benzene rings is 1. The summed E-state index contributed by atoms with van der Waals surface area (Å²) in [5.41, 5.74) is 2.93. The molecule has 0 aliphatic rings. The molecule has 118 valence electrons. The van der Waals surface area contributed by atoms with Crippen molar-refractivity contribution in [2.75, 3.05) is 5.75 Å². The number of aromatic nitrogens is 4. The third-order valence-electron chi connectivity index (χ3n) is 3.71. The Labute approximate surface area is 139 Å². The van der Waals surface area contributed by atoms with Crippen LogP contribution in [0.5, 0.6) is 0 Å². The number of rotatable bonds is 5. The van der Waals surface area contributed by atoms with Crippen molar-refractivity contribution in [1.82, 2.24) is 19.3 Å². The van der Waals surface area contributed by atoms with Crippen LogP contribution in [0, 0.1) is 6.92 Å². The molecule has 0 atom stereocenters. The number of aryl methyl sites for hydroxylation is 2. The second-order valence-electron chi connectivity index (χ2n) is 5.45. The van der Waals surface area contributed by atoms with Gasteiger partial charge in [-0.3, -0.25) is 4.79 Å². The molecule has 0 N–H and O–H groups in total. The highest BCUT2D eigenvalue weighted by Crippen LogP contribution is 2.23. The lowest BCUT2D eigenvalue weighted by molar-refractivity contribution is 0.101. The van der Waals surface area contributed by atoms with Crippen LogP contribution in [-0.4, -0.2) is 30.9 Å². The number of thioether (sulfide) groups is 1. The summed E-state index contributed by atoms with van der Waals surface area (Å²) in [4.78, 5) is 12.2. The molecule has 5 nitrogen and oxygen atoms in total. The van der Waals surface area contributed by atoms with Gasteiger partial charge < -0.3 is 9.13 Å². The number of carbonyl (C=O) groups excluding carboxylic acids is 1. The summed E-state index contributed by atoms with van der Waals surface area (Å²) in [5.74, 6) is 1.23. The minimum atomic E-state index is 0.0855. The lowest BCUT2D eigenvalue weighted by Gasteiger charge is -2.05. The Kier molecular flexibility index (Phi) is 4.34. The largest absolute Gasteiger partial charge is 0.348 e. The number of nitrogens with zero attached hydrogens (tertiary/aromatic N) is 4. The van der Waals surface area contributed by atoms with E-state index in [0.29, 0.717) is 11.4 Å². The second-order valence-corrected chi connectivity index (χ2v) is 6.39. The van der Waals surface area contributed by atoms with Crippen LogP contribution in [0.25, 0.3) is 11.4 Å². The molecule has 23 heavy (non-hydrogen) atoms. The molecular weight excluding hydrogens is 308 g/mol. The minimum Gasteiger partial charge on any atom is -0.348 e. The van der Waals surface area contributed by atoms with Crippen LogP contribution < -0.4 is 0 Å². The molecular formula is C17H18N4OS. The molecule has 0 saturated heterocycles. The molecule has 3 aromatic rings. The van der Waals surface area contributed by atoms with Crippen LogP contribution in [0.4, 0.5) is 0 Å². The molecule has 0 spiro atoms. The molecule has 2 heterocycles. The highest BCUT2D eigenvalue weighted by atomic mass is 32.2. The van der Waals surface area contributed by atoms with Crippen molar-refractivity contribution >= 4 is 17.5 Å². The van der Waals surface area contributed by atoms with E-state index in [1.807, 2.05) is 53.7 Å². The van der Waals surface area contributed by atoms with Gasteiger partial charge >= 0.3 is 0 Å². The highest BCUT2D eigenvalue weighted by molar-refractivity contribution is 7.99. The standard InChI is InChI=1S/C17H18N4OS/c1-12-6-8-13(9-7-12)16-18-19-17(21(16)3)23-11-15(22)14-5-4-10-20(14)2/h4-10H,11H2,1-3H3. The minimum absolute atomic E-state index is 0.0855. The lowest BCUT2D eigenvalue weighted by Crippen LogP contribution is -2.08. The highest BCUT2D eigenvalue weighted by Gasteiger charge is 2.14. The first kappa shape index (κ1) is 15.6. The maximum Gasteiger partial charge on any atom is 0.191 e. The Balaban J connectivity index is 1.74. The van der Waals surface area contributed by atoms with E-state index in [2.05, 4.69) is 29.3 Å². The maximum atomic E-state index is 12.2. The van der Waals surface area contributed by atoms with Gasteiger partial charge in [0.15, 0.2) is 16.8 Å². The quantitative estimate of drug-likeness (QED) is 0.534.